The number of phenolic OH excluding ortho intramolecular Hbond substituents is 4. The molecule has 5 N–H and O–H groups in total. The van der Waals surface area contributed by atoms with Crippen LogP contribution in [0.3, 0.4) is 0 Å². The van der Waals surface area contributed by atoms with E-state index in [-0.39, 0.29) is 22.3 Å². The molecular formula is C24H22O13. The van der Waals surface area contributed by atoms with Crippen molar-refractivity contribution in [1.82, 2.24) is 0 Å². The Labute approximate surface area is 207 Å². The fraction of sp³-hybridized carbons (Fsp3) is 0.292. The van der Waals surface area contributed by atoms with Gasteiger partial charge in [0.1, 0.15) is 35.2 Å². The number of hydrogen-bond acceptors (Lipinski definition) is 13. The fourth-order valence-corrected chi connectivity index (χ4v) is 3.82. The molecule has 13 nitrogen and oxygen atoms in total. The third-order valence-corrected chi connectivity index (χ3v) is 5.43. The zero-order valence-electron chi connectivity index (χ0n) is 19.4. The van der Waals surface area contributed by atoms with E-state index in [1.54, 1.807) is 0 Å². The summed E-state index contributed by atoms with van der Waals surface area (Å²) in [4.78, 5) is 36.2. The van der Waals surface area contributed by atoms with Gasteiger partial charge in [0.05, 0.1) is 0 Å². The molecule has 13 heteroatoms. The minimum absolute atomic E-state index is 0.0348. The highest BCUT2D eigenvalue weighted by molar-refractivity contribution is 5.88. The van der Waals surface area contributed by atoms with Crippen LogP contribution >= 0.6 is 0 Å². The minimum Gasteiger partial charge on any atom is -0.508 e. The molecule has 196 valence electrons. The summed E-state index contributed by atoms with van der Waals surface area (Å²) >= 11 is 0. The van der Waals surface area contributed by atoms with Gasteiger partial charge in [-0.1, -0.05) is 0 Å². The Morgan fingerprint density at radius 1 is 0.973 bits per heavy atom. The summed E-state index contributed by atoms with van der Waals surface area (Å²) < 4.78 is 27.0. The number of ether oxygens (including phenoxy) is 4. The molecule has 0 amide bonds. The highest BCUT2D eigenvalue weighted by Gasteiger charge is 2.48. The van der Waals surface area contributed by atoms with Gasteiger partial charge in [0, 0.05) is 31.5 Å². The van der Waals surface area contributed by atoms with Gasteiger partial charge in [-0.2, -0.15) is 0 Å². The van der Waals surface area contributed by atoms with E-state index in [0.29, 0.717) is 0 Å². The van der Waals surface area contributed by atoms with Gasteiger partial charge >= 0.3 is 11.9 Å². The maximum absolute atomic E-state index is 13.4. The average Bonchev–Trinajstić information content (AvgIpc) is 3.09. The highest BCUT2D eigenvalue weighted by atomic mass is 16.7. The molecule has 0 spiro atoms. The van der Waals surface area contributed by atoms with Gasteiger partial charge in [-0.15, -0.1) is 0 Å². The molecule has 0 bridgehead atoms. The zero-order chi connectivity index (χ0) is 27.0. The lowest BCUT2D eigenvalue weighted by Crippen LogP contribution is -2.40. The van der Waals surface area contributed by atoms with Crippen LogP contribution in [0.5, 0.6) is 28.7 Å². The number of benzene rings is 2. The molecule has 0 radical (unpaired) electrons. The average molecular weight is 518 g/mol. The molecule has 1 fully saturated rings. The molecule has 1 aromatic heterocycles. The first-order valence-corrected chi connectivity index (χ1v) is 10.8. The Morgan fingerprint density at radius 3 is 2.35 bits per heavy atom. The van der Waals surface area contributed by atoms with Crippen molar-refractivity contribution in [2.24, 2.45) is 0 Å². The van der Waals surface area contributed by atoms with Gasteiger partial charge in [0.2, 0.25) is 17.5 Å². The van der Waals surface area contributed by atoms with Crippen LogP contribution in [-0.4, -0.2) is 68.7 Å². The number of aliphatic hydroxyl groups excluding tert-OH is 1. The number of carbonyl (C=O) groups excluding carboxylic acids is 2. The van der Waals surface area contributed by atoms with E-state index in [9.17, 15) is 39.9 Å². The smallest absolute Gasteiger partial charge is 0.303 e. The van der Waals surface area contributed by atoms with Crippen molar-refractivity contribution < 1.29 is 58.5 Å². The topological polar surface area (TPSA) is 202 Å². The lowest BCUT2D eigenvalue weighted by atomic mass is 10.1. The molecule has 2 heterocycles. The predicted octanol–water partition coefficient (Wildman–Crippen LogP) is 1.24. The van der Waals surface area contributed by atoms with Crippen molar-refractivity contribution in [3.8, 4) is 40.1 Å². The van der Waals surface area contributed by atoms with Crippen LogP contribution in [0, 0.1) is 0 Å². The molecule has 0 unspecified atom stereocenters. The van der Waals surface area contributed by atoms with Gasteiger partial charge < -0.3 is 48.9 Å². The minimum atomic E-state index is -1.66. The number of phenols is 4. The number of carbonyl (C=O) groups is 2. The van der Waals surface area contributed by atoms with Crippen molar-refractivity contribution in [3.05, 3.63) is 40.6 Å². The third-order valence-electron chi connectivity index (χ3n) is 5.43. The first kappa shape index (κ1) is 25.6. The SMILES string of the molecule is CC(=O)OC[C@@H]1O[C@@H](Oc2c(-c3ccc(O)c(O)c3)oc3cc(O)cc(O)c3c2=O)[C@H](O)[C@H]1OC(C)=O. The Hall–Kier alpha value is -4.49. The zero-order valence-corrected chi connectivity index (χ0v) is 19.4. The van der Waals surface area contributed by atoms with E-state index < -0.39 is 77.3 Å². The van der Waals surface area contributed by atoms with Gasteiger partial charge in [0.25, 0.3) is 0 Å². The largest absolute Gasteiger partial charge is 0.508 e. The van der Waals surface area contributed by atoms with Crippen LogP contribution in [-0.2, 0) is 23.8 Å². The van der Waals surface area contributed by atoms with Crippen LogP contribution in [0.25, 0.3) is 22.3 Å². The van der Waals surface area contributed by atoms with Crippen molar-refractivity contribution in [3.63, 3.8) is 0 Å². The molecule has 0 saturated carbocycles. The molecule has 0 aliphatic carbocycles. The summed E-state index contributed by atoms with van der Waals surface area (Å²) in [6, 6.07) is 5.43. The van der Waals surface area contributed by atoms with Crippen LogP contribution in [0.15, 0.2) is 39.5 Å². The van der Waals surface area contributed by atoms with Crippen LogP contribution in [0.4, 0.5) is 0 Å². The van der Waals surface area contributed by atoms with Crippen molar-refractivity contribution in [1.29, 1.82) is 0 Å². The van der Waals surface area contributed by atoms with E-state index >= 15 is 0 Å². The van der Waals surface area contributed by atoms with E-state index in [2.05, 4.69) is 0 Å². The van der Waals surface area contributed by atoms with E-state index in [4.69, 9.17) is 23.4 Å². The Bertz CT molecular complexity index is 1430. The van der Waals surface area contributed by atoms with Gasteiger partial charge in [-0.05, 0) is 18.2 Å². The lowest BCUT2D eigenvalue weighted by Gasteiger charge is -2.20. The fourth-order valence-electron chi connectivity index (χ4n) is 3.82. The Morgan fingerprint density at radius 2 is 1.70 bits per heavy atom. The first-order chi connectivity index (χ1) is 17.5. The summed E-state index contributed by atoms with van der Waals surface area (Å²) in [5.41, 5.74) is -1.15. The van der Waals surface area contributed by atoms with Crippen molar-refractivity contribution in [2.45, 2.75) is 38.4 Å². The van der Waals surface area contributed by atoms with Crippen LogP contribution < -0.4 is 10.2 Å². The number of esters is 2. The quantitative estimate of drug-likeness (QED) is 0.231. The van der Waals surface area contributed by atoms with E-state index in [1.165, 1.54) is 6.07 Å². The summed E-state index contributed by atoms with van der Waals surface area (Å²) in [7, 11) is 0. The standard InChI is InChI=1S/C24H22O13/c1-9(25)33-8-17-22(34-10(2)26)20(32)24(36-17)37-23-19(31)18-15(30)6-12(27)7-16(18)35-21(23)11-3-4-13(28)14(29)5-11/h3-7,17,20,22,24,27-30,32H,8H2,1-2H3/t17-,20+,22-,24-/m0/s1. The third kappa shape index (κ3) is 5.08. The van der Waals surface area contributed by atoms with Gasteiger partial charge in [-0.25, -0.2) is 0 Å². The number of aromatic hydroxyl groups is 4. The van der Waals surface area contributed by atoms with Crippen LogP contribution in [0.2, 0.25) is 0 Å². The normalized spacial score (nSPS) is 21.1. The molecule has 1 aliphatic heterocycles. The van der Waals surface area contributed by atoms with Gasteiger partial charge in [-0.3, -0.25) is 14.4 Å². The van der Waals surface area contributed by atoms with Gasteiger partial charge in [0.15, 0.2) is 29.5 Å². The molecule has 1 saturated heterocycles. The summed E-state index contributed by atoms with van der Waals surface area (Å²) in [5.74, 6) is -4.39. The second-order valence-electron chi connectivity index (χ2n) is 8.16. The Kier molecular flexibility index (Phi) is 6.83. The second-order valence-corrected chi connectivity index (χ2v) is 8.16. The summed E-state index contributed by atoms with van der Waals surface area (Å²) in [5, 5.41) is 50.2. The van der Waals surface area contributed by atoms with E-state index in [0.717, 1.165) is 38.1 Å². The number of aliphatic hydroxyl groups is 1. The predicted molar refractivity (Wildman–Crippen MR) is 122 cm³/mol. The molecule has 4 rings (SSSR count). The highest BCUT2D eigenvalue weighted by Crippen LogP contribution is 2.39. The van der Waals surface area contributed by atoms with Crippen molar-refractivity contribution >= 4 is 22.9 Å². The molecular weight excluding hydrogens is 496 g/mol. The molecule has 2 aromatic carbocycles. The summed E-state index contributed by atoms with van der Waals surface area (Å²) in [6.45, 7) is 1.83. The molecule has 1 aliphatic rings. The second kappa shape index (κ2) is 9.87. The Balaban J connectivity index is 1.82. The van der Waals surface area contributed by atoms with Crippen LogP contribution in [0.1, 0.15) is 13.8 Å². The molecule has 4 atom stereocenters. The van der Waals surface area contributed by atoms with E-state index in [1.807, 2.05) is 0 Å². The summed E-state index contributed by atoms with van der Waals surface area (Å²) in [6.07, 6.45) is -5.80. The maximum Gasteiger partial charge on any atom is 0.303 e. The van der Waals surface area contributed by atoms with Crippen molar-refractivity contribution in [2.75, 3.05) is 6.61 Å². The molecule has 3 aromatic rings. The number of fused-ring (bicyclic) bond motifs is 1. The lowest BCUT2D eigenvalue weighted by molar-refractivity contribution is -0.158. The maximum atomic E-state index is 13.4. The monoisotopic (exact) mass is 518 g/mol. The number of rotatable bonds is 6. The molecule has 37 heavy (non-hydrogen) atoms. The first-order valence-electron chi connectivity index (χ1n) is 10.8. The number of hydrogen-bond donors (Lipinski definition) is 5.